The minimum absolute atomic E-state index is 0.0251. The van der Waals surface area contributed by atoms with Crippen molar-refractivity contribution in [3.63, 3.8) is 0 Å². The molecule has 1 unspecified atom stereocenters. The number of hydrogen-bond acceptors (Lipinski definition) is 5. The number of benzene rings is 2. The number of hydrogen-bond donors (Lipinski definition) is 1. The van der Waals surface area contributed by atoms with E-state index in [0.717, 1.165) is 39.2 Å². The lowest BCUT2D eigenvalue weighted by Crippen LogP contribution is -2.50. The minimum Gasteiger partial charge on any atom is -0.444 e. The fourth-order valence-corrected chi connectivity index (χ4v) is 7.05. The molecule has 222 valence electrons. The van der Waals surface area contributed by atoms with Crippen molar-refractivity contribution < 1.29 is 19.4 Å². The van der Waals surface area contributed by atoms with Crippen LogP contribution in [0.4, 0.5) is 10.5 Å². The third-order valence-electron chi connectivity index (χ3n) is 8.47. The summed E-state index contributed by atoms with van der Waals surface area (Å²) >= 11 is 13.2. The molecule has 1 aromatic heterocycles. The maximum Gasteiger partial charge on any atom is 0.410 e. The normalized spacial score (nSPS) is 19.0. The van der Waals surface area contributed by atoms with E-state index in [1.807, 2.05) is 67.6 Å². The largest absolute Gasteiger partial charge is 0.444 e. The number of aliphatic hydroxyl groups is 1. The Morgan fingerprint density at radius 1 is 1.17 bits per heavy atom. The number of rotatable bonds is 3. The number of amides is 2. The molecule has 10 heteroatoms. The average Bonchev–Trinajstić information content (AvgIpc) is 3.39. The molecule has 0 saturated carbocycles. The Hall–Kier alpha value is -3.07. The lowest BCUT2D eigenvalue weighted by atomic mass is 9.84. The molecule has 3 aliphatic rings. The highest BCUT2D eigenvalue weighted by Gasteiger charge is 2.49. The third kappa shape index (κ3) is 4.68. The summed E-state index contributed by atoms with van der Waals surface area (Å²) in [6.07, 6.45) is 0.386. The second-order valence-electron chi connectivity index (χ2n) is 13.0. The maximum atomic E-state index is 14.2. The zero-order valence-corrected chi connectivity index (χ0v) is 26.3. The first-order valence-electron chi connectivity index (χ1n) is 14.4. The summed E-state index contributed by atoms with van der Waals surface area (Å²) in [5.74, 6) is -0.161. The SMILES string of the molecule is Cc1ccc(Cl)c2c1N1C(=O)c3nn(CC4(O)CCN(C(=O)OC(C)(C)C)CC4)c(C(C)C)c3C1c1ccc(Cl)cc1-2. The van der Waals surface area contributed by atoms with Crippen LogP contribution >= 0.6 is 23.2 Å². The van der Waals surface area contributed by atoms with E-state index in [-0.39, 0.29) is 30.5 Å². The van der Waals surface area contributed by atoms with Crippen molar-refractivity contribution in [2.24, 2.45) is 0 Å². The summed E-state index contributed by atoms with van der Waals surface area (Å²) < 4.78 is 7.35. The highest BCUT2D eigenvalue weighted by Crippen LogP contribution is 2.56. The molecule has 3 aliphatic heterocycles. The Kier molecular flexibility index (Phi) is 6.91. The molecule has 1 saturated heterocycles. The molecule has 42 heavy (non-hydrogen) atoms. The number of likely N-dealkylation sites (tertiary alicyclic amines) is 1. The number of aryl methyl sites for hydroxylation is 1. The third-order valence-corrected chi connectivity index (χ3v) is 9.02. The van der Waals surface area contributed by atoms with Gasteiger partial charge >= 0.3 is 6.09 Å². The summed E-state index contributed by atoms with van der Waals surface area (Å²) in [7, 11) is 0. The van der Waals surface area contributed by atoms with Crippen LogP contribution in [0.15, 0.2) is 30.3 Å². The Balaban J connectivity index is 1.39. The van der Waals surface area contributed by atoms with Gasteiger partial charge in [0.2, 0.25) is 0 Å². The number of halogens is 2. The number of nitrogens with zero attached hydrogens (tertiary/aromatic N) is 4. The predicted molar refractivity (Wildman–Crippen MR) is 164 cm³/mol. The van der Waals surface area contributed by atoms with Gasteiger partial charge < -0.3 is 14.7 Å². The zero-order chi connectivity index (χ0) is 30.3. The Bertz CT molecular complexity index is 1620. The molecule has 0 spiro atoms. The van der Waals surface area contributed by atoms with Crippen LogP contribution in [0.25, 0.3) is 11.1 Å². The zero-order valence-electron chi connectivity index (χ0n) is 24.8. The fourth-order valence-electron chi connectivity index (χ4n) is 6.62. The van der Waals surface area contributed by atoms with E-state index in [4.69, 9.17) is 33.0 Å². The molecule has 0 bridgehead atoms. The Morgan fingerprint density at radius 2 is 1.86 bits per heavy atom. The van der Waals surface area contributed by atoms with Gasteiger partial charge in [0, 0.05) is 34.9 Å². The second-order valence-corrected chi connectivity index (χ2v) is 13.9. The molecule has 3 aromatic rings. The number of aromatic nitrogens is 2. The van der Waals surface area contributed by atoms with E-state index >= 15 is 0 Å². The first-order chi connectivity index (χ1) is 19.7. The first kappa shape index (κ1) is 29.0. The van der Waals surface area contributed by atoms with Crippen molar-refractivity contribution in [3.05, 3.63) is 68.5 Å². The standard InChI is InChI=1S/C32H36Cl2N4O4/c1-17(2)26-24-25(35-37(26)16-32(41)11-13-36(14-12-32)30(40)42-31(4,5)6)29(39)38-27-18(3)7-10-22(34)23(27)21-15-19(33)8-9-20(21)28(24)38/h7-10,15,17,28,41H,11-14,16H2,1-6H3. The number of anilines is 1. The van der Waals surface area contributed by atoms with E-state index < -0.39 is 11.2 Å². The molecule has 1 atom stereocenters. The maximum absolute atomic E-state index is 14.2. The Morgan fingerprint density at radius 3 is 2.50 bits per heavy atom. The molecule has 2 aromatic carbocycles. The monoisotopic (exact) mass is 610 g/mol. The van der Waals surface area contributed by atoms with Gasteiger partial charge in [0.05, 0.1) is 28.9 Å². The summed E-state index contributed by atoms with van der Waals surface area (Å²) in [4.78, 5) is 30.2. The molecule has 8 nitrogen and oxygen atoms in total. The molecule has 0 radical (unpaired) electrons. The highest BCUT2D eigenvalue weighted by molar-refractivity contribution is 6.35. The highest BCUT2D eigenvalue weighted by atomic mass is 35.5. The van der Waals surface area contributed by atoms with Gasteiger partial charge in [-0.3, -0.25) is 14.4 Å². The van der Waals surface area contributed by atoms with Crippen LogP contribution < -0.4 is 4.90 Å². The van der Waals surface area contributed by atoms with E-state index in [9.17, 15) is 14.7 Å². The molecule has 0 aliphatic carbocycles. The molecule has 2 amide bonds. The van der Waals surface area contributed by atoms with Crippen LogP contribution in [0.3, 0.4) is 0 Å². The first-order valence-corrected chi connectivity index (χ1v) is 15.2. The van der Waals surface area contributed by atoms with Gasteiger partial charge in [-0.1, -0.05) is 49.2 Å². The molecule has 6 rings (SSSR count). The lowest BCUT2D eigenvalue weighted by molar-refractivity contribution is -0.0437. The number of ether oxygens (including phenoxy) is 1. The van der Waals surface area contributed by atoms with Crippen LogP contribution in [0, 0.1) is 6.92 Å². The quantitative estimate of drug-likeness (QED) is 0.341. The van der Waals surface area contributed by atoms with E-state index in [0.29, 0.717) is 41.7 Å². The number of piperidine rings is 1. The summed E-state index contributed by atoms with van der Waals surface area (Å²) in [5, 5.41) is 17.7. The van der Waals surface area contributed by atoms with E-state index in [1.165, 1.54) is 0 Å². The van der Waals surface area contributed by atoms with Gasteiger partial charge in [-0.15, -0.1) is 0 Å². The van der Waals surface area contributed by atoms with Crippen LogP contribution in [-0.2, 0) is 11.3 Å². The van der Waals surface area contributed by atoms with Crippen LogP contribution in [-0.4, -0.2) is 56.1 Å². The van der Waals surface area contributed by atoms with Gasteiger partial charge in [-0.2, -0.15) is 5.10 Å². The molecule has 4 heterocycles. The molecular formula is C32H36Cl2N4O4. The molecule has 1 fully saturated rings. The minimum atomic E-state index is -1.08. The van der Waals surface area contributed by atoms with Crippen molar-refractivity contribution in [2.45, 2.75) is 84.1 Å². The smallest absolute Gasteiger partial charge is 0.410 e. The molecular weight excluding hydrogens is 575 g/mol. The summed E-state index contributed by atoms with van der Waals surface area (Å²) in [6.45, 7) is 12.6. The number of fused-ring (bicyclic) bond motifs is 8. The van der Waals surface area contributed by atoms with Gasteiger partial charge in [0.25, 0.3) is 5.91 Å². The van der Waals surface area contributed by atoms with Crippen molar-refractivity contribution in [2.75, 3.05) is 18.0 Å². The average molecular weight is 612 g/mol. The lowest BCUT2D eigenvalue weighted by Gasteiger charge is -2.39. The van der Waals surface area contributed by atoms with Crippen molar-refractivity contribution in [1.82, 2.24) is 14.7 Å². The topological polar surface area (TPSA) is 87.9 Å². The van der Waals surface area contributed by atoms with E-state index in [2.05, 4.69) is 13.8 Å². The van der Waals surface area contributed by atoms with Crippen LogP contribution in [0.1, 0.15) is 92.3 Å². The van der Waals surface area contributed by atoms with Crippen LogP contribution in [0.5, 0.6) is 0 Å². The van der Waals surface area contributed by atoms with Crippen molar-refractivity contribution in [1.29, 1.82) is 0 Å². The van der Waals surface area contributed by atoms with Gasteiger partial charge in [-0.25, -0.2) is 4.79 Å². The van der Waals surface area contributed by atoms with Gasteiger partial charge in [0.15, 0.2) is 5.69 Å². The second kappa shape index (κ2) is 10.00. The van der Waals surface area contributed by atoms with Crippen molar-refractivity contribution >= 4 is 40.9 Å². The predicted octanol–water partition coefficient (Wildman–Crippen LogP) is 7.11. The molecule has 1 N–H and O–H groups in total. The van der Waals surface area contributed by atoms with Gasteiger partial charge in [-0.05, 0) is 81.3 Å². The fraction of sp³-hybridized carbons (Fsp3) is 0.469. The van der Waals surface area contributed by atoms with Crippen molar-refractivity contribution in [3.8, 4) is 11.1 Å². The van der Waals surface area contributed by atoms with Crippen LogP contribution in [0.2, 0.25) is 10.0 Å². The number of carbonyl (C=O) groups is 2. The van der Waals surface area contributed by atoms with E-state index in [1.54, 1.807) is 4.90 Å². The summed E-state index contributed by atoms with van der Waals surface area (Å²) in [6, 6.07) is 9.13. The summed E-state index contributed by atoms with van der Waals surface area (Å²) in [5.41, 5.74) is 4.87. The van der Waals surface area contributed by atoms with Gasteiger partial charge in [0.1, 0.15) is 5.60 Å². The Labute approximate surface area is 256 Å². The number of carbonyl (C=O) groups excluding carboxylic acids is 2.